The number of hydrogen-bond acceptors (Lipinski definition) is 3. The topological polar surface area (TPSA) is 35.5 Å². The molecule has 30 heavy (non-hydrogen) atoms. The van der Waals surface area contributed by atoms with Crippen molar-refractivity contribution in [3.8, 4) is 0 Å². The summed E-state index contributed by atoms with van der Waals surface area (Å²) >= 11 is 0. The van der Waals surface area contributed by atoms with E-state index in [1.165, 1.54) is 0 Å². The zero-order valence-electron chi connectivity index (χ0n) is 16.4. The summed E-state index contributed by atoms with van der Waals surface area (Å²) < 4.78 is 25.6. The molecule has 0 aliphatic rings. The summed E-state index contributed by atoms with van der Waals surface area (Å²) in [5.41, 5.74) is 0. The summed E-state index contributed by atoms with van der Waals surface area (Å²) in [7, 11) is -6.95. The molecule has 4 aromatic carbocycles. The Morgan fingerprint density at radius 3 is 0.900 bits per heavy atom. The molecule has 0 bridgehead atoms. The van der Waals surface area contributed by atoms with E-state index in [4.69, 9.17) is 8.43 Å². The van der Waals surface area contributed by atoms with Crippen LogP contribution in [0.3, 0.4) is 0 Å². The third-order valence-corrected chi connectivity index (χ3v) is 12.2. The lowest BCUT2D eigenvalue weighted by atomic mass is 10.4. The molecule has 0 spiro atoms. The zero-order chi connectivity index (χ0) is 20.6. The molecule has 0 N–H and O–H groups in total. The Morgan fingerprint density at radius 2 is 0.667 bits per heavy atom. The number of benzene rings is 4. The van der Waals surface area contributed by atoms with E-state index in [9.17, 15) is 4.57 Å². The highest BCUT2D eigenvalue weighted by atomic mass is 31.1. The van der Waals surface area contributed by atoms with Crippen LogP contribution in [0.2, 0.25) is 0 Å². The zero-order valence-corrected chi connectivity index (χ0v) is 19.7. The highest BCUT2D eigenvalue weighted by molar-refractivity contribution is 7.38. The number of hydrogen-bond donors (Lipinski definition) is 0. The van der Waals surface area contributed by atoms with Crippen molar-refractivity contribution in [2.24, 2.45) is 0 Å². The molecular formula is C24H23O3PSi2. The van der Waals surface area contributed by atoms with Crippen LogP contribution in [0.15, 0.2) is 121 Å². The second-order valence-electron chi connectivity index (χ2n) is 6.89. The van der Waals surface area contributed by atoms with E-state index in [0.29, 0.717) is 0 Å². The highest BCUT2D eigenvalue weighted by Gasteiger charge is 2.25. The predicted molar refractivity (Wildman–Crippen MR) is 130 cm³/mol. The molecular weight excluding hydrogens is 423 g/mol. The van der Waals surface area contributed by atoms with Crippen LogP contribution < -0.4 is 20.7 Å². The maximum atomic E-state index is 13.2. The van der Waals surface area contributed by atoms with Crippen molar-refractivity contribution in [2.45, 2.75) is 0 Å². The Kier molecular flexibility index (Phi) is 7.24. The van der Waals surface area contributed by atoms with Crippen LogP contribution in [-0.2, 0) is 13.0 Å². The van der Waals surface area contributed by atoms with Crippen LogP contribution in [0.1, 0.15) is 0 Å². The summed E-state index contributed by atoms with van der Waals surface area (Å²) in [5, 5.41) is 4.35. The molecule has 0 saturated carbocycles. The minimum atomic E-state index is -2.70. The molecule has 0 heterocycles. The lowest BCUT2D eigenvalue weighted by molar-refractivity contribution is 0.432. The molecule has 4 rings (SSSR count). The molecule has 6 heteroatoms. The van der Waals surface area contributed by atoms with E-state index >= 15 is 0 Å². The van der Waals surface area contributed by atoms with Crippen molar-refractivity contribution in [1.82, 2.24) is 0 Å². The molecule has 3 nitrogen and oxygen atoms in total. The average Bonchev–Trinajstić information content (AvgIpc) is 2.83. The molecule has 0 radical (unpaired) electrons. The molecule has 0 fully saturated rings. The van der Waals surface area contributed by atoms with Crippen molar-refractivity contribution in [1.29, 1.82) is 0 Å². The minimum Gasteiger partial charge on any atom is -0.346 e. The van der Waals surface area contributed by atoms with Crippen LogP contribution >= 0.6 is 8.25 Å². The van der Waals surface area contributed by atoms with Gasteiger partial charge < -0.3 is 8.43 Å². The fourth-order valence-electron chi connectivity index (χ4n) is 3.39. The summed E-state index contributed by atoms with van der Waals surface area (Å²) in [6, 6.07) is 40.2. The van der Waals surface area contributed by atoms with Gasteiger partial charge in [-0.15, -0.1) is 0 Å². The SMILES string of the molecule is O=[PH](O[SiH](c1ccccc1)c1ccccc1)O[SiH](c1ccccc1)c1ccccc1. The van der Waals surface area contributed by atoms with Gasteiger partial charge in [0.25, 0.3) is 18.1 Å². The van der Waals surface area contributed by atoms with E-state index in [-0.39, 0.29) is 0 Å². The Bertz CT molecular complexity index is 899. The van der Waals surface area contributed by atoms with Gasteiger partial charge in [0.2, 0.25) is 0 Å². The fourth-order valence-corrected chi connectivity index (χ4v) is 10.9. The number of rotatable bonds is 8. The first kappa shape index (κ1) is 20.7. The molecule has 4 aromatic rings. The maximum absolute atomic E-state index is 13.2. The van der Waals surface area contributed by atoms with E-state index in [0.717, 1.165) is 20.7 Å². The average molecular weight is 447 g/mol. The molecule has 0 unspecified atom stereocenters. The van der Waals surface area contributed by atoms with Gasteiger partial charge in [0.15, 0.2) is 0 Å². The van der Waals surface area contributed by atoms with Gasteiger partial charge in [0, 0.05) is 0 Å². The molecule has 0 aliphatic heterocycles. The van der Waals surface area contributed by atoms with E-state index in [2.05, 4.69) is 0 Å². The Labute approximate surface area is 181 Å². The van der Waals surface area contributed by atoms with Crippen LogP contribution in [0.5, 0.6) is 0 Å². The van der Waals surface area contributed by atoms with Crippen molar-refractivity contribution in [2.75, 3.05) is 0 Å². The molecule has 150 valence electrons. The normalized spacial score (nSPS) is 11.3. The lowest BCUT2D eigenvalue weighted by Gasteiger charge is -2.21. The van der Waals surface area contributed by atoms with Crippen molar-refractivity contribution < 1.29 is 13.0 Å². The summed E-state index contributed by atoms with van der Waals surface area (Å²) in [4.78, 5) is 0. The summed E-state index contributed by atoms with van der Waals surface area (Å²) in [5.74, 6) is 0. The Morgan fingerprint density at radius 1 is 0.433 bits per heavy atom. The first-order valence-corrected chi connectivity index (χ1v) is 14.4. The smallest absolute Gasteiger partial charge is 0.300 e. The Balaban J connectivity index is 1.60. The fraction of sp³-hybridized carbons (Fsp3) is 0. The van der Waals surface area contributed by atoms with E-state index in [1.54, 1.807) is 0 Å². The van der Waals surface area contributed by atoms with Crippen molar-refractivity contribution in [3.05, 3.63) is 121 Å². The second kappa shape index (κ2) is 10.5. The van der Waals surface area contributed by atoms with Gasteiger partial charge in [-0.3, -0.25) is 4.57 Å². The Hall–Kier alpha value is -2.54. The second-order valence-corrected chi connectivity index (χ2v) is 13.5. The van der Waals surface area contributed by atoms with Crippen LogP contribution in [0.25, 0.3) is 0 Å². The molecule has 0 aromatic heterocycles. The first-order valence-electron chi connectivity index (χ1n) is 9.88. The van der Waals surface area contributed by atoms with E-state index in [1.807, 2.05) is 121 Å². The maximum Gasteiger partial charge on any atom is 0.300 e. The van der Waals surface area contributed by atoms with Gasteiger partial charge in [-0.1, -0.05) is 121 Å². The first-order chi connectivity index (χ1) is 14.8. The van der Waals surface area contributed by atoms with Gasteiger partial charge in [-0.25, -0.2) is 0 Å². The van der Waals surface area contributed by atoms with Gasteiger partial charge in [-0.05, 0) is 20.7 Å². The van der Waals surface area contributed by atoms with Crippen molar-refractivity contribution in [3.63, 3.8) is 0 Å². The lowest BCUT2D eigenvalue weighted by Crippen LogP contribution is -2.45. The highest BCUT2D eigenvalue weighted by Crippen LogP contribution is 2.26. The quantitative estimate of drug-likeness (QED) is 0.308. The summed E-state index contributed by atoms with van der Waals surface area (Å²) in [6.07, 6.45) is 0. The van der Waals surface area contributed by atoms with Gasteiger partial charge in [0.1, 0.15) is 0 Å². The summed E-state index contributed by atoms with van der Waals surface area (Å²) in [6.45, 7) is 0. The largest absolute Gasteiger partial charge is 0.346 e. The molecule has 0 aliphatic carbocycles. The monoisotopic (exact) mass is 446 g/mol. The predicted octanol–water partition coefficient (Wildman–Crippen LogP) is 2.49. The third-order valence-electron chi connectivity index (χ3n) is 4.84. The molecule has 0 saturated heterocycles. The van der Waals surface area contributed by atoms with Gasteiger partial charge >= 0.3 is 8.25 Å². The van der Waals surface area contributed by atoms with Crippen molar-refractivity contribution >= 4 is 47.1 Å². The molecule has 0 amide bonds. The van der Waals surface area contributed by atoms with Gasteiger partial charge in [-0.2, -0.15) is 0 Å². The van der Waals surface area contributed by atoms with E-state index < -0.39 is 26.3 Å². The van der Waals surface area contributed by atoms with Crippen LogP contribution in [0.4, 0.5) is 0 Å². The van der Waals surface area contributed by atoms with Crippen LogP contribution in [-0.4, -0.2) is 18.1 Å². The minimum absolute atomic E-state index is 1.09. The molecule has 0 atom stereocenters. The standard InChI is InChI=1S/C24H23O3PSi2/c25-28(26-29(21-13-5-1-6-14-21)22-15-7-2-8-16-22)27-30(23-17-9-3-10-18-23)24-19-11-4-12-20-24/h1-20,28-30H. The van der Waals surface area contributed by atoms with Crippen LogP contribution in [0, 0.1) is 0 Å². The van der Waals surface area contributed by atoms with Gasteiger partial charge in [0.05, 0.1) is 0 Å². The third kappa shape index (κ3) is 5.33.